The van der Waals surface area contributed by atoms with Crippen molar-refractivity contribution in [1.82, 2.24) is 15.4 Å². The van der Waals surface area contributed by atoms with E-state index in [9.17, 15) is 4.79 Å². The molecule has 0 atom stereocenters. The number of carbonyl (C=O) groups is 1. The summed E-state index contributed by atoms with van der Waals surface area (Å²) < 4.78 is 0. The van der Waals surface area contributed by atoms with E-state index < -0.39 is 5.97 Å². The van der Waals surface area contributed by atoms with Crippen molar-refractivity contribution in [1.29, 1.82) is 0 Å². The van der Waals surface area contributed by atoms with Gasteiger partial charge in [-0.1, -0.05) is 65.0 Å². The summed E-state index contributed by atoms with van der Waals surface area (Å²) in [4.78, 5) is 11.0. The Morgan fingerprint density at radius 3 is 2.65 bits per heavy atom. The number of aromatic nitrogens is 3. The molecule has 0 spiro atoms. The van der Waals surface area contributed by atoms with Crippen LogP contribution in [0.3, 0.4) is 0 Å². The van der Waals surface area contributed by atoms with Crippen molar-refractivity contribution >= 4 is 29.3 Å². The molecule has 0 unspecified atom stereocenters. The Labute approximate surface area is 141 Å². The quantitative estimate of drug-likeness (QED) is 0.680. The van der Waals surface area contributed by atoms with Gasteiger partial charge >= 0.3 is 5.97 Å². The lowest BCUT2D eigenvalue weighted by Crippen LogP contribution is -1.98. The molecule has 1 aromatic heterocycles. The fourth-order valence-electron chi connectivity index (χ4n) is 2.08. The molecule has 0 amide bonds. The normalized spacial score (nSPS) is 10.7. The minimum absolute atomic E-state index is 0.0504. The maximum atomic E-state index is 11.0. The van der Waals surface area contributed by atoms with Gasteiger partial charge in [0.1, 0.15) is 5.03 Å². The first-order valence-electron chi connectivity index (χ1n) is 6.75. The molecule has 7 heteroatoms. The molecule has 2 N–H and O–H groups in total. The lowest BCUT2D eigenvalue weighted by Gasteiger charge is -2.05. The summed E-state index contributed by atoms with van der Waals surface area (Å²) in [5, 5.41) is 19.8. The molecule has 2 aromatic carbocycles. The Kier molecular flexibility index (Phi) is 4.64. The number of H-pyrrole nitrogens is 1. The molecule has 0 aliphatic rings. The van der Waals surface area contributed by atoms with Gasteiger partial charge in [0.2, 0.25) is 5.69 Å². The number of rotatable bonds is 5. The van der Waals surface area contributed by atoms with Crippen LogP contribution in [0.25, 0.3) is 11.1 Å². The van der Waals surface area contributed by atoms with Gasteiger partial charge in [-0.2, -0.15) is 0 Å². The van der Waals surface area contributed by atoms with Crippen LogP contribution >= 0.6 is 23.4 Å². The second-order valence-electron chi connectivity index (χ2n) is 4.79. The Hall–Kier alpha value is -2.31. The van der Waals surface area contributed by atoms with Crippen LogP contribution in [0.5, 0.6) is 0 Å². The first-order valence-corrected chi connectivity index (χ1v) is 8.12. The topological polar surface area (TPSA) is 78.9 Å². The molecule has 0 aliphatic carbocycles. The zero-order chi connectivity index (χ0) is 16.2. The number of carboxylic acid groups (broad SMARTS) is 1. The summed E-state index contributed by atoms with van der Waals surface area (Å²) in [6.45, 7) is 0. The number of aromatic amines is 1. The number of benzene rings is 2. The van der Waals surface area contributed by atoms with Gasteiger partial charge in [-0.3, -0.25) is 5.10 Å². The first-order chi connectivity index (χ1) is 11.1. The average molecular weight is 346 g/mol. The van der Waals surface area contributed by atoms with E-state index in [1.165, 1.54) is 11.8 Å². The Balaban J connectivity index is 1.70. The van der Waals surface area contributed by atoms with Crippen molar-refractivity contribution in [3.63, 3.8) is 0 Å². The van der Waals surface area contributed by atoms with Crippen molar-refractivity contribution < 1.29 is 9.90 Å². The van der Waals surface area contributed by atoms with E-state index in [0.717, 1.165) is 16.7 Å². The van der Waals surface area contributed by atoms with Gasteiger partial charge in [0.25, 0.3) is 0 Å². The van der Waals surface area contributed by atoms with Crippen molar-refractivity contribution in [3.05, 3.63) is 64.8 Å². The third-order valence-corrected chi connectivity index (χ3v) is 4.50. The largest absolute Gasteiger partial charge is 0.476 e. The summed E-state index contributed by atoms with van der Waals surface area (Å²) in [6.07, 6.45) is 0. The zero-order valence-electron chi connectivity index (χ0n) is 11.9. The van der Waals surface area contributed by atoms with Gasteiger partial charge in [-0.25, -0.2) is 4.79 Å². The van der Waals surface area contributed by atoms with Crippen LogP contribution in [0.1, 0.15) is 16.1 Å². The van der Waals surface area contributed by atoms with E-state index in [-0.39, 0.29) is 5.69 Å². The van der Waals surface area contributed by atoms with E-state index in [1.807, 2.05) is 48.5 Å². The molecule has 0 saturated carbocycles. The van der Waals surface area contributed by atoms with E-state index >= 15 is 0 Å². The highest BCUT2D eigenvalue weighted by atomic mass is 35.5. The fourth-order valence-corrected chi connectivity index (χ4v) is 3.14. The monoisotopic (exact) mass is 345 g/mol. The first kappa shape index (κ1) is 15.6. The minimum Gasteiger partial charge on any atom is -0.476 e. The molecule has 0 bridgehead atoms. The van der Waals surface area contributed by atoms with Gasteiger partial charge in [0, 0.05) is 10.8 Å². The smallest absolute Gasteiger partial charge is 0.359 e. The van der Waals surface area contributed by atoms with Crippen LogP contribution < -0.4 is 0 Å². The van der Waals surface area contributed by atoms with Gasteiger partial charge in [0.05, 0.1) is 0 Å². The summed E-state index contributed by atoms with van der Waals surface area (Å²) in [5.74, 6) is -0.461. The number of hydrogen-bond donors (Lipinski definition) is 2. The second-order valence-corrected chi connectivity index (χ2v) is 6.21. The maximum Gasteiger partial charge on any atom is 0.359 e. The lowest BCUT2D eigenvalue weighted by molar-refractivity contribution is 0.0686. The number of halogens is 1. The number of carboxylic acids is 1. The van der Waals surface area contributed by atoms with Crippen LogP contribution in [-0.4, -0.2) is 26.5 Å². The summed E-state index contributed by atoms with van der Waals surface area (Å²) in [7, 11) is 0. The van der Waals surface area contributed by atoms with E-state index in [2.05, 4.69) is 15.4 Å². The van der Waals surface area contributed by atoms with E-state index in [1.54, 1.807) is 0 Å². The number of thioether (sulfide) groups is 1. The Morgan fingerprint density at radius 1 is 1.17 bits per heavy atom. The number of nitrogens with one attached hydrogen (secondary N) is 1. The van der Waals surface area contributed by atoms with Gasteiger partial charge < -0.3 is 5.11 Å². The molecule has 23 heavy (non-hydrogen) atoms. The molecule has 0 saturated heterocycles. The number of aromatic carboxylic acids is 1. The highest BCUT2D eigenvalue weighted by Crippen LogP contribution is 2.26. The molecule has 0 radical (unpaired) electrons. The molecule has 3 aromatic rings. The standard InChI is InChI=1S/C16H12ClN3O2S/c17-13-3-1-2-12(8-13)11-6-4-10(5-7-11)9-23-15-14(16(21)22)18-20-19-15/h1-8H,9H2,(H,21,22)(H,18,19,20). The predicted molar refractivity (Wildman–Crippen MR) is 89.8 cm³/mol. The van der Waals surface area contributed by atoms with Gasteiger partial charge in [-0.05, 0) is 28.8 Å². The minimum atomic E-state index is -1.09. The molecular weight excluding hydrogens is 334 g/mol. The van der Waals surface area contributed by atoms with Crippen molar-refractivity contribution in [2.75, 3.05) is 0 Å². The van der Waals surface area contributed by atoms with Crippen molar-refractivity contribution in [3.8, 4) is 11.1 Å². The van der Waals surface area contributed by atoms with Crippen LogP contribution in [0, 0.1) is 0 Å². The summed E-state index contributed by atoms with van der Waals surface area (Å²) in [6, 6.07) is 15.7. The molecular formula is C16H12ClN3O2S. The molecule has 116 valence electrons. The van der Waals surface area contributed by atoms with Crippen LogP contribution in [0.4, 0.5) is 0 Å². The van der Waals surface area contributed by atoms with Crippen LogP contribution in [0.2, 0.25) is 5.02 Å². The van der Waals surface area contributed by atoms with Gasteiger partial charge in [0.15, 0.2) is 0 Å². The van der Waals surface area contributed by atoms with Crippen molar-refractivity contribution in [2.24, 2.45) is 0 Å². The average Bonchev–Trinajstić information content (AvgIpc) is 3.02. The molecule has 5 nitrogen and oxygen atoms in total. The Morgan fingerprint density at radius 2 is 1.96 bits per heavy atom. The molecule has 0 aliphatic heterocycles. The third kappa shape index (κ3) is 3.72. The fraction of sp³-hybridized carbons (Fsp3) is 0.0625. The zero-order valence-corrected chi connectivity index (χ0v) is 13.4. The van der Waals surface area contributed by atoms with E-state index in [0.29, 0.717) is 15.8 Å². The van der Waals surface area contributed by atoms with E-state index in [4.69, 9.17) is 16.7 Å². The maximum absolute atomic E-state index is 11.0. The van der Waals surface area contributed by atoms with Crippen LogP contribution in [-0.2, 0) is 5.75 Å². The number of hydrogen-bond acceptors (Lipinski definition) is 4. The van der Waals surface area contributed by atoms with Gasteiger partial charge in [-0.15, -0.1) is 5.10 Å². The third-order valence-electron chi connectivity index (χ3n) is 3.21. The number of nitrogens with zero attached hydrogens (tertiary/aromatic N) is 2. The Bertz CT molecular complexity index is 833. The molecule has 3 rings (SSSR count). The highest BCUT2D eigenvalue weighted by Gasteiger charge is 2.14. The highest BCUT2D eigenvalue weighted by molar-refractivity contribution is 7.98. The SMILES string of the molecule is O=C(O)c1nn[nH]c1SCc1ccc(-c2cccc(Cl)c2)cc1. The summed E-state index contributed by atoms with van der Waals surface area (Å²) >= 11 is 7.36. The second kappa shape index (κ2) is 6.85. The predicted octanol–water partition coefficient (Wildman–Crippen LogP) is 4.12. The summed E-state index contributed by atoms with van der Waals surface area (Å²) in [5.41, 5.74) is 3.16. The lowest BCUT2D eigenvalue weighted by atomic mass is 10.0. The molecule has 1 heterocycles. The molecule has 0 fully saturated rings. The van der Waals surface area contributed by atoms with Crippen LogP contribution in [0.15, 0.2) is 53.6 Å². The van der Waals surface area contributed by atoms with Crippen molar-refractivity contribution in [2.45, 2.75) is 10.8 Å².